The van der Waals surface area contributed by atoms with E-state index in [4.69, 9.17) is 0 Å². The van der Waals surface area contributed by atoms with Gasteiger partial charge in [0.2, 0.25) is 0 Å². The van der Waals surface area contributed by atoms with Crippen LogP contribution in [0.3, 0.4) is 0 Å². The fraction of sp³-hybridized carbons (Fsp3) is 0.625. The van der Waals surface area contributed by atoms with E-state index in [1.165, 1.54) is 15.6 Å². The van der Waals surface area contributed by atoms with Gasteiger partial charge in [0.05, 0.1) is 10.7 Å². The molecule has 1 aliphatic rings. The summed E-state index contributed by atoms with van der Waals surface area (Å²) in [5, 5.41) is 4.62. The van der Waals surface area contributed by atoms with Gasteiger partial charge in [-0.3, -0.25) is 0 Å². The van der Waals surface area contributed by atoms with Crippen molar-refractivity contribution in [3.8, 4) is 0 Å². The van der Waals surface area contributed by atoms with E-state index < -0.39 is 0 Å². The maximum Gasteiger partial charge on any atom is 0.0900 e. The fourth-order valence-electron chi connectivity index (χ4n) is 1.44. The second-order valence-corrected chi connectivity index (χ2v) is 4.38. The molecule has 1 N–H and O–H groups in total. The van der Waals surface area contributed by atoms with E-state index in [1.54, 1.807) is 0 Å². The summed E-state index contributed by atoms with van der Waals surface area (Å²) in [6.45, 7) is 5.30. The van der Waals surface area contributed by atoms with Crippen LogP contribution in [-0.2, 0) is 13.0 Å². The van der Waals surface area contributed by atoms with E-state index in [1.807, 2.05) is 11.3 Å². The molecule has 0 amide bonds. The van der Waals surface area contributed by atoms with Crippen LogP contribution in [0.5, 0.6) is 0 Å². The number of nitrogens with one attached hydrogen (secondary N) is 1. The minimum absolute atomic E-state index is 0.601. The van der Waals surface area contributed by atoms with Crippen molar-refractivity contribution in [3.05, 3.63) is 15.6 Å². The topological polar surface area (TPSA) is 24.9 Å². The van der Waals surface area contributed by atoms with Crippen molar-refractivity contribution < 1.29 is 0 Å². The highest BCUT2D eigenvalue weighted by atomic mass is 32.1. The first-order chi connectivity index (χ1) is 5.25. The molecule has 0 bridgehead atoms. The van der Waals surface area contributed by atoms with Crippen molar-refractivity contribution in [2.45, 2.75) is 32.9 Å². The second kappa shape index (κ2) is 2.57. The number of aryl methyl sites for hydroxylation is 1. The lowest BCUT2D eigenvalue weighted by Gasteiger charge is -2.18. The maximum atomic E-state index is 4.48. The van der Waals surface area contributed by atoms with E-state index in [0.29, 0.717) is 6.04 Å². The van der Waals surface area contributed by atoms with Crippen LogP contribution < -0.4 is 5.32 Å². The van der Waals surface area contributed by atoms with Crippen LogP contribution in [0.4, 0.5) is 0 Å². The van der Waals surface area contributed by atoms with Crippen molar-refractivity contribution in [2.75, 3.05) is 0 Å². The van der Waals surface area contributed by atoms with Gasteiger partial charge in [0, 0.05) is 23.9 Å². The van der Waals surface area contributed by atoms with Crippen LogP contribution in [0.1, 0.15) is 22.5 Å². The smallest absolute Gasteiger partial charge is 0.0900 e. The van der Waals surface area contributed by atoms with Gasteiger partial charge in [0.1, 0.15) is 0 Å². The minimum Gasteiger partial charge on any atom is -0.309 e. The summed E-state index contributed by atoms with van der Waals surface area (Å²) >= 11 is 1.82. The molecule has 60 valence electrons. The fourth-order valence-corrected chi connectivity index (χ4v) is 2.35. The zero-order chi connectivity index (χ0) is 7.84. The van der Waals surface area contributed by atoms with Crippen LogP contribution in [0.25, 0.3) is 0 Å². The molecule has 1 aliphatic heterocycles. The largest absolute Gasteiger partial charge is 0.309 e. The van der Waals surface area contributed by atoms with Gasteiger partial charge in [-0.2, -0.15) is 0 Å². The Labute approximate surface area is 70.7 Å². The molecule has 1 aromatic rings. The Kier molecular flexibility index (Phi) is 1.69. The first kappa shape index (κ1) is 7.25. The molecule has 1 atom stereocenters. The number of hydrogen-bond acceptors (Lipinski definition) is 3. The molecule has 2 rings (SSSR count). The molecule has 2 heterocycles. The predicted octanol–water partition coefficient (Wildman–Crippen LogP) is 1.49. The van der Waals surface area contributed by atoms with Crippen LogP contribution in [-0.4, -0.2) is 11.0 Å². The minimum atomic E-state index is 0.601. The normalized spacial score (nSPS) is 23.3. The van der Waals surface area contributed by atoms with Crippen molar-refractivity contribution >= 4 is 11.3 Å². The van der Waals surface area contributed by atoms with Crippen molar-refractivity contribution in [1.29, 1.82) is 0 Å². The van der Waals surface area contributed by atoms with Gasteiger partial charge < -0.3 is 5.32 Å². The number of nitrogens with zero attached hydrogens (tertiary/aromatic N) is 1. The van der Waals surface area contributed by atoms with Crippen molar-refractivity contribution in [2.24, 2.45) is 0 Å². The highest BCUT2D eigenvalue weighted by Crippen LogP contribution is 2.22. The van der Waals surface area contributed by atoms with Gasteiger partial charge in [-0.1, -0.05) is 0 Å². The van der Waals surface area contributed by atoms with E-state index >= 15 is 0 Å². The summed E-state index contributed by atoms with van der Waals surface area (Å²) in [5.41, 5.74) is 1.32. The van der Waals surface area contributed by atoms with E-state index in [9.17, 15) is 0 Å². The van der Waals surface area contributed by atoms with Crippen LogP contribution in [0, 0.1) is 6.92 Å². The summed E-state index contributed by atoms with van der Waals surface area (Å²) in [6.07, 6.45) is 1.10. The Balaban J connectivity index is 2.34. The zero-order valence-electron chi connectivity index (χ0n) is 6.85. The molecule has 2 nitrogen and oxygen atoms in total. The molecule has 0 saturated carbocycles. The monoisotopic (exact) mass is 168 g/mol. The highest BCUT2D eigenvalue weighted by Gasteiger charge is 2.17. The van der Waals surface area contributed by atoms with Gasteiger partial charge in [-0.05, 0) is 13.8 Å². The average molecular weight is 168 g/mol. The summed E-state index contributed by atoms with van der Waals surface area (Å²) in [4.78, 5) is 5.91. The van der Waals surface area contributed by atoms with E-state index in [-0.39, 0.29) is 0 Å². The predicted molar refractivity (Wildman–Crippen MR) is 46.9 cm³/mol. The lowest BCUT2D eigenvalue weighted by molar-refractivity contribution is 0.512. The summed E-state index contributed by atoms with van der Waals surface area (Å²) in [5.74, 6) is 0. The molecule has 0 aromatic carbocycles. The molecule has 0 unspecified atom stereocenters. The zero-order valence-corrected chi connectivity index (χ0v) is 7.66. The molecule has 11 heavy (non-hydrogen) atoms. The molecule has 0 aliphatic carbocycles. The third-order valence-corrected chi connectivity index (χ3v) is 3.01. The van der Waals surface area contributed by atoms with Gasteiger partial charge in [-0.25, -0.2) is 4.98 Å². The number of fused-ring (bicyclic) bond motifs is 1. The Morgan fingerprint density at radius 1 is 1.64 bits per heavy atom. The average Bonchev–Trinajstić information content (AvgIpc) is 2.27. The SMILES string of the molecule is Cc1nc2c(s1)CN[C@H](C)C2. The molecule has 0 fully saturated rings. The molecular formula is C8H12N2S. The quantitative estimate of drug-likeness (QED) is 0.635. The summed E-state index contributed by atoms with van der Waals surface area (Å²) < 4.78 is 0. The first-order valence-electron chi connectivity index (χ1n) is 3.94. The Morgan fingerprint density at radius 2 is 2.45 bits per heavy atom. The lowest BCUT2D eigenvalue weighted by atomic mass is 10.1. The Bertz CT molecular complexity index is 267. The van der Waals surface area contributed by atoms with Crippen LogP contribution >= 0.6 is 11.3 Å². The molecular weight excluding hydrogens is 156 g/mol. The molecule has 0 saturated heterocycles. The van der Waals surface area contributed by atoms with Gasteiger partial charge in [0.15, 0.2) is 0 Å². The highest BCUT2D eigenvalue weighted by molar-refractivity contribution is 7.11. The van der Waals surface area contributed by atoms with Crippen LogP contribution in [0.15, 0.2) is 0 Å². The van der Waals surface area contributed by atoms with Crippen LogP contribution in [0.2, 0.25) is 0 Å². The van der Waals surface area contributed by atoms with Gasteiger partial charge in [0.25, 0.3) is 0 Å². The molecule has 1 aromatic heterocycles. The standard InChI is InChI=1S/C8H12N2S/c1-5-3-7-8(4-9-5)11-6(2)10-7/h5,9H,3-4H2,1-2H3/t5-/m1/s1. The third-order valence-electron chi connectivity index (χ3n) is 2.00. The lowest BCUT2D eigenvalue weighted by Crippen LogP contribution is -2.32. The van der Waals surface area contributed by atoms with Gasteiger partial charge >= 0.3 is 0 Å². The Morgan fingerprint density at radius 3 is 3.27 bits per heavy atom. The molecule has 3 heteroatoms. The number of thiazole rings is 1. The van der Waals surface area contributed by atoms with E-state index in [2.05, 4.69) is 24.1 Å². The number of rotatable bonds is 0. The van der Waals surface area contributed by atoms with Crippen molar-refractivity contribution in [1.82, 2.24) is 10.3 Å². The Hall–Kier alpha value is -0.410. The third kappa shape index (κ3) is 1.30. The maximum absolute atomic E-state index is 4.48. The van der Waals surface area contributed by atoms with Gasteiger partial charge in [-0.15, -0.1) is 11.3 Å². The molecule has 0 spiro atoms. The van der Waals surface area contributed by atoms with E-state index in [0.717, 1.165) is 13.0 Å². The summed E-state index contributed by atoms with van der Waals surface area (Å²) in [7, 11) is 0. The number of aromatic nitrogens is 1. The second-order valence-electron chi connectivity index (χ2n) is 3.09. The van der Waals surface area contributed by atoms with Crippen molar-refractivity contribution in [3.63, 3.8) is 0 Å². The summed E-state index contributed by atoms with van der Waals surface area (Å²) in [6, 6.07) is 0.601. The number of hydrogen-bond donors (Lipinski definition) is 1. The first-order valence-corrected chi connectivity index (χ1v) is 4.76. The molecule has 0 radical (unpaired) electrons.